The van der Waals surface area contributed by atoms with Gasteiger partial charge in [0.2, 0.25) is 0 Å². The molecule has 0 saturated carbocycles. The molecule has 1 N–H and O–H groups in total. The van der Waals surface area contributed by atoms with Crippen LogP contribution in [0.3, 0.4) is 0 Å². The summed E-state index contributed by atoms with van der Waals surface area (Å²) >= 11 is 0. The molecule has 25 heavy (non-hydrogen) atoms. The first kappa shape index (κ1) is 18.1. The molecule has 1 amide bonds. The molecule has 5 nitrogen and oxygen atoms in total. The van der Waals surface area contributed by atoms with Gasteiger partial charge in [0, 0.05) is 17.4 Å². The fourth-order valence-corrected chi connectivity index (χ4v) is 4.44. The van der Waals surface area contributed by atoms with Crippen LogP contribution in [0.2, 0.25) is 0 Å². The highest BCUT2D eigenvalue weighted by molar-refractivity contribution is 5.67. The highest BCUT2D eigenvalue weighted by atomic mass is 16.6. The van der Waals surface area contributed by atoms with Crippen molar-refractivity contribution in [3.63, 3.8) is 0 Å². The third kappa shape index (κ3) is 3.22. The molecule has 2 bridgehead atoms. The lowest BCUT2D eigenvalue weighted by molar-refractivity contribution is -0.170. The standard InChI is InChI=1S/C20H29NO4/c1-12(2)21-19(22)25-11-20-10-24-18(16-7-6-8-23-16)17(15(20)5)13(3)9-14(20)4/h6-9,12,14-15,17-18H,10-11H2,1-5H3,(H,21,22). The number of allylic oxidation sites excluding steroid dienone is 1. The largest absolute Gasteiger partial charge is 0.467 e. The van der Waals surface area contributed by atoms with E-state index in [1.54, 1.807) is 6.26 Å². The summed E-state index contributed by atoms with van der Waals surface area (Å²) in [4.78, 5) is 12.0. The van der Waals surface area contributed by atoms with Gasteiger partial charge in [-0.1, -0.05) is 25.5 Å². The molecular weight excluding hydrogens is 318 g/mol. The van der Waals surface area contributed by atoms with Crippen molar-refractivity contribution < 1.29 is 18.7 Å². The number of amides is 1. The molecule has 1 aliphatic carbocycles. The number of rotatable bonds is 4. The van der Waals surface area contributed by atoms with Crippen LogP contribution < -0.4 is 5.32 Å². The van der Waals surface area contributed by atoms with Crippen molar-refractivity contribution in [2.24, 2.45) is 23.2 Å². The van der Waals surface area contributed by atoms with Gasteiger partial charge in [-0.15, -0.1) is 0 Å². The second-order valence-electron chi connectivity index (χ2n) is 7.87. The van der Waals surface area contributed by atoms with E-state index in [0.717, 1.165) is 5.76 Å². The van der Waals surface area contributed by atoms with Crippen LogP contribution in [-0.4, -0.2) is 25.3 Å². The molecule has 1 saturated heterocycles. The van der Waals surface area contributed by atoms with E-state index >= 15 is 0 Å². The lowest BCUT2D eigenvalue weighted by Crippen LogP contribution is -2.54. The van der Waals surface area contributed by atoms with E-state index in [1.165, 1.54) is 5.57 Å². The topological polar surface area (TPSA) is 60.7 Å². The van der Waals surface area contributed by atoms with Crippen LogP contribution in [0.5, 0.6) is 0 Å². The van der Waals surface area contributed by atoms with E-state index in [2.05, 4.69) is 32.2 Å². The monoisotopic (exact) mass is 347 g/mol. The van der Waals surface area contributed by atoms with Crippen LogP contribution >= 0.6 is 0 Å². The van der Waals surface area contributed by atoms with E-state index in [4.69, 9.17) is 13.9 Å². The fraction of sp³-hybridized carbons (Fsp3) is 0.650. The molecule has 1 aliphatic heterocycles. The summed E-state index contributed by atoms with van der Waals surface area (Å²) in [7, 11) is 0. The summed E-state index contributed by atoms with van der Waals surface area (Å²) in [5.74, 6) is 1.70. The summed E-state index contributed by atoms with van der Waals surface area (Å²) in [6.07, 6.45) is 3.56. The Bertz CT molecular complexity index is 636. The predicted octanol–water partition coefficient (Wildman–Crippen LogP) is 4.32. The Balaban J connectivity index is 1.82. The molecule has 5 heteroatoms. The number of fused-ring (bicyclic) bond motifs is 2. The molecule has 2 aliphatic rings. The van der Waals surface area contributed by atoms with Gasteiger partial charge in [0.15, 0.2) is 0 Å². The van der Waals surface area contributed by atoms with Gasteiger partial charge >= 0.3 is 6.09 Å². The number of alkyl carbamates (subject to hydrolysis) is 1. The summed E-state index contributed by atoms with van der Waals surface area (Å²) in [5, 5.41) is 2.79. The van der Waals surface area contributed by atoms with Crippen molar-refractivity contribution in [2.45, 2.75) is 46.8 Å². The van der Waals surface area contributed by atoms with Gasteiger partial charge in [0.1, 0.15) is 18.5 Å². The molecule has 1 fully saturated rings. The third-order valence-electron chi connectivity index (χ3n) is 5.95. The lowest BCUT2D eigenvalue weighted by atomic mass is 9.56. The van der Waals surface area contributed by atoms with Crippen LogP contribution in [0.15, 0.2) is 34.5 Å². The number of hydrogen-bond acceptors (Lipinski definition) is 4. The Hall–Kier alpha value is -1.75. The van der Waals surface area contributed by atoms with Gasteiger partial charge in [-0.2, -0.15) is 0 Å². The van der Waals surface area contributed by atoms with Crippen molar-refractivity contribution in [3.05, 3.63) is 35.8 Å². The lowest BCUT2D eigenvalue weighted by Gasteiger charge is -2.54. The van der Waals surface area contributed by atoms with Crippen molar-refractivity contribution in [2.75, 3.05) is 13.2 Å². The molecule has 0 radical (unpaired) electrons. The van der Waals surface area contributed by atoms with Gasteiger partial charge in [0.25, 0.3) is 0 Å². The minimum atomic E-state index is -0.361. The summed E-state index contributed by atoms with van der Waals surface area (Å²) in [6.45, 7) is 11.4. The molecule has 1 aromatic heterocycles. The highest BCUT2D eigenvalue weighted by Gasteiger charge is 2.55. The van der Waals surface area contributed by atoms with E-state index < -0.39 is 0 Å². The molecule has 0 spiro atoms. The molecule has 2 heterocycles. The number of nitrogens with one attached hydrogen (secondary N) is 1. The molecule has 3 rings (SSSR count). The molecule has 138 valence electrons. The average Bonchev–Trinajstić information content (AvgIpc) is 3.05. The molecule has 1 aromatic rings. The van der Waals surface area contributed by atoms with Crippen LogP contribution in [0.1, 0.15) is 46.5 Å². The maximum atomic E-state index is 12.0. The van der Waals surface area contributed by atoms with Gasteiger partial charge in [-0.25, -0.2) is 4.79 Å². The highest BCUT2D eigenvalue weighted by Crippen LogP contribution is 2.56. The maximum Gasteiger partial charge on any atom is 0.407 e. The minimum Gasteiger partial charge on any atom is -0.467 e. The van der Waals surface area contributed by atoms with Crippen LogP contribution in [-0.2, 0) is 9.47 Å². The predicted molar refractivity (Wildman–Crippen MR) is 95.0 cm³/mol. The Kier molecular flexibility index (Phi) is 4.96. The second kappa shape index (κ2) is 6.87. The number of carbonyl (C=O) groups is 1. The number of ether oxygens (including phenoxy) is 2. The molecule has 0 aromatic carbocycles. The number of carbonyl (C=O) groups excluding carboxylic acids is 1. The third-order valence-corrected chi connectivity index (χ3v) is 5.95. The van der Waals surface area contributed by atoms with Crippen molar-refractivity contribution in [3.8, 4) is 0 Å². The van der Waals surface area contributed by atoms with E-state index in [-0.39, 0.29) is 35.5 Å². The number of hydrogen-bond donors (Lipinski definition) is 1. The Morgan fingerprint density at radius 3 is 2.84 bits per heavy atom. The van der Waals surface area contributed by atoms with Crippen molar-refractivity contribution >= 4 is 6.09 Å². The summed E-state index contributed by atoms with van der Waals surface area (Å²) in [6, 6.07) is 3.93. The molecule has 5 unspecified atom stereocenters. The summed E-state index contributed by atoms with van der Waals surface area (Å²) in [5.41, 5.74) is 1.12. The zero-order valence-corrected chi connectivity index (χ0v) is 15.7. The normalized spacial score (nSPS) is 34.6. The van der Waals surface area contributed by atoms with Crippen LogP contribution in [0.25, 0.3) is 0 Å². The minimum absolute atomic E-state index is 0.0621. The van der Waals surface area contributed by atoms with Gasteiger partial charge in [-0.05, 0) is 44.7 Å². The van der Waals surface area contributed by atoms with Gasteiger partial charge < -0.3 is 19.2 Å². The van der Waals surface area contributed by atoms with E-state index in [0.29, 0.717) is 19.1 Å². The first-order valence-corrected chi connectivity index (χ1v) is 9.12. The molecule has 5 atom stereocenters. The zero-order chi connectivity index (χ0) is 18.2. The Morgan fingerprint density at radius 1 is 1.44 bits per heavy atom. The second-order valence-corrected chi connectivity index (χ2v) is 7.87. The number of furan rings is 1. The van der Waals surface area contributed by atoms with Crippen molar-refractivity contribution in [1.82, 2.24) is 5.32 Å². The van der Waals surface area contributed by atoms with Gasteiger partial charge in [0.05, 0.1) is 12.9 Å². The SMILES string of the molecule is CC1=CC(C)C2(COC(=O)NC(C)C)COC(c3ccco3)C1C2C. The first-order chi connectivity index (χ1) is 11.8. The Labute approximate surface area is 149 Å². The Morgan fingerprint density at radius 2 is 2.20 bits per heavy atom. The van der Waals surface area contributed by atoms with Crippen molar-refractivity contribution in [1.29, 1.82) is 0 Å². The quantitative estimate of drug-likeness (QED) is 0.824. The maximum absolute atomic E-state index is 12.0. The van der Waals surface area contributed by atoms with Crippen LogP contribution in [0, 0.1) is 23.2 Å². The summed E-state index contributed by atoms with van der Waals surface area (Å²) < 4.78 is 17.5. The van der Waals surface area contributed by atoms with Crippen LogP contribution in [0.4, 0.5) is 4.79 Å². The average molecular weight is 347 g/mol. The smallest absolute Gasteiger partial charge is 0.407 e. The molecular formula is C20H29NO4. The zero-order valence-electron chi connectivity index (χ0n) is 15.7. The van der Waals surface area contributed by atoms with Gasteiger partial charge in [-0.3, -0.25) is 0 Å². The fourth-order valence-electron chi connectivity index (χ4n) is 4.44. The first-order valence-electron chi connectivity index (χ1n) is 9.12. The van der Waals surface area contributed by atoms with E-state index in [9.17, 15) is 4.79 Å². The van der Waals surface area contributed by atoms with E-state index in [1.807, 2.05) is 26.0 Å².